The van der Waals surface area contributed by atoms with Crippen LogP contribution in [0, 0.1) is 5.82 Å². The zero-order valence-corrected chi connectivity index (χ0v) is 11.0. The first-order chi connectivity index (χ1) is 8.65. The molecule has 0 N–H and O–H groups in total. The summed E-state index contributed by atoms with van der Waals surface area (Å²) in [4.78, 5) is 4.29. The first-order valence-corrected chi connectivity index (χ1v) is 6.51. The summed E-state index contributed by atoms with van der Waals surface area (Å²) in [5.41, 5.74) is 1.96. The monoisotopic (exact) mass is 281 g/mol. The maximum absolute atomic E-state index is 13.7. The fourth-order valence-corrected chi connectivity index (χ4v) is 2.46. The predicted octanol–water partition coefficient (Wildman–Crippen LogP) is 5.07. The largest absolute Gasteiger partial charge is 0.256 e. The highest BCUT2D eigenvalue weighted by atomic mass is 35.5. The van der Waals surface area contributed by atoms with Crippen LogP contribution in [0.1, 0.15) is 24.3 Å². The van der Waals surface area contributed by atoms with Crippen molar-refractivity contribution in [1.82, 2.24) is 4.98 Å². The minimum Gasteiger partial charge on any atom is -0.256 e. The third kappa shape index (κ3) is 2.23. The van der Waals surface area contributed by atoms with Crippen LogP contribution in [0.5, 0.6) is 0 Å². The molecule has 0 atom stereocenters. The van der Waals surface area contributed by atoms with Gasteiger partial charge in [-0.15, -0.1) is 0 Å². The number of rotatable bonds is 2. The molecule has 0 saturated heterocycles. The molecule has 1 aromatic heterocycles. The second-order valence-electron chi connectivity index (χ2n) is 4.49. The maximum atomic E-state index is 13.7. The molecule has 1 nitrogen and oxygen atoms in total. The van der Waals surface area contributed by atoms with E-state index in [1.807, 2.05) is 0 Å². The van der Waals surface area contributed by atoms with E-state index in [9.17, 15) is 4.39 Å². The summed E-state index contributed by atoms with van der Waals surface area (Å²) < 4.78 is 13.7. The zero-order valence-electron chi connectivity index (χ0n) is 9.46. The van der Waals surface area contributed by atoms with Gasteiger partial charge in [0.05, 0.1) is 5.69 Å². The first kappa shape index (κ1) is 11.9. The molecule has 2 aromatic rings. The Hall–Kier alpha value is -1.12. The minimum atomic E-state index is -0.345. The SMILES string of the molecule is Fc1ccc(Cl)cc1-c1cc(Cl)c(C2CC2)cn1. The van der Waals surface area contributed by atoms with Gasteiger partial charge in [-0.3, -0.25) is 4.98 Å². The van der Waals surface area contributed by atoms with Gasteiger partial charge in [-0.1, -0.05) is 23.2 Å². The molecule has 0 aliphatic heterocycles. The van der Waals surface area contributed by atoms with Crippen molar-refractivity contribution in [3.63, 3.8) is 0 Å². The van der Waals surface area contributed by atoms with E-state index in [-0.39, 0.29) is 5.82 Å². The van der Waals surface area contributed by atoms with E-state index in [1.54, 1.807) is 18.3 Å². The lowest BCUT2D eigenvalue weighted by Crippen LogP contribution is -1.91. The van der Waals surface area contributed by atoms with Gasteiger partial charge >= 0.3 is 0 Å². The first-order valence-electron chi connectivity index (χ1n) is 5.76. The van der Waals surface area contributed by atoms with Gasteiger partial charge in [0.15, 0.2) is 0 Å². The van der Waals surface area contributed by atoms with Gasteiger partial charge in [-0.25, -0.2) is 4.39 Å². The molecule has 0 bridgehead atoms. The molecular weight excluding hydrogens is 272 g/mol. The molecule has 1 aromatic carbocycles. The highest BCUT2D eigenvalue weighted by Gasteiger charge is 2.26. The third-order valence-corrected chi connectivity index (χ3v) is 3.67. The Morgan fingerprint density at radius 3 is 2.61 bits per heavy atom. The Kier molecular flexibility index (Phi) is 3.00. The van der Waals surface area contributed by atoms with E-state index in [2.05, 4.69) is 4.98 Å². The fourth-order valence-electron chi connectivity index (χ4n) is 1.98. The van der Waals surface area contributed by atoms with E-state index < -0.39 is 0 Å². The standard InChI is InChI=1S/C14H10Cl2FN/c15-9-3-4-13(17)10(5-9)14-6-12(16)11(7-18-14)8-1-2-8/h3-8H,1-2H2. The third-order valence-electron chi connectivity index (χ3n) is 3.10. The molecule has 0 radical (unpaired) electrons. The Labute approximate surface area is 115 Å². The van der Waals surface area contributed by atoms with Crippen molar-refractivity contribution in [2.75, 3.05) is 0 Å². The molecule has 1 aliphatic rings. The van der Waals surface area contributed by atoms with Crippen LogP contribution in [-0.2, 0) is 0 Å². The summed E-state index contributed by atoms with van der Waals surface area (Å²) >= 11 is 12.1. The maximum Gasteiger partial charge on any atom is 0.132 e. The van der Waals surface area contributed by atoms with E-state index in [0.29, 0.717) is 27.2 Å². The highest BCUT2D eigenvalue weighted by molar-refractivity contribution is 6.32. The Bertz CT molecular complexity index is 609. The number of halogens is 3. The molecule has 1 fully saturated rings. The van der Waals surface area contributed by atoms with Gasteiger partial charge in [-0.05, 0) is 48.6 Å². The topological polar surface area (TPSA) is 12.9 Å². The molecule has 0 amide bonds. The van der Waals surface area contributed by atoms with Crippen LogP contribution in [0.15, 0.2) is 30.5 Å². The van der Waals surface area contributed by atoms with E-state index in [4.69, 9.17) is 23.2 Å². The predicted molar refractivity (Wildman–Crippen MR) is 71.6 cm³/mol. The summed E-state index contributed by atoms with van der Waals surface area (Å²) in [7, 11) is 0. The number of hydrogen-bond donors (Lipinski definition) is 0. The summed E-state index contributed by atoms with van der Waals surface area (Å²) in [5.74, 6) is 0.186. The Balaban J connectivity index is 2.06. The molecule has 1 heterocycles. The van der Waals surface area contributed by atoms with Crippen molar-refractivity contribution < 1.29 is 4.39 Å². The van der Waals surface area contributed by atoms with Crippen LogP contribution < -0.4 is 0 Å². The molecule has 1 aliphatic carbocycles. The molecule has 92 valence electrons. The number of hydrogen-bond acceptors (Lipinski definition) is 1. The average Bonchev–Trinajstić information content (AvgIpc) is 3.16. The van der Waals surface area contributed by atoms with Gasteiger partial charge < -0.3 is 0 Å². The summed E-state index contributed by atoms with van der Waals surface area (Å²) in [6.45, 7) is 0. The Morgan fingerprint density at radius 1 is 1.17 bits per heavy atom. The van der Waals surface area contributed by atoms with Crippen molar-refractivity contribution in [2.24, 2.45) is 0 Å². The smallest absolute Gasteiger partial charge is 0.132 e. The van der Waals surface area contributed by atoms with Crippen molar-refractivity contribution in [1.29, 1.82) is 0 Å². The summed E-state index contributed by atoms with van der Waals surface area (Å²) in [6, 6.07) is 6.12. The summed E-state index contributed by atoms with van der Waals surface area (Å²) in [6.07, 6.45) is 4.06. The number of nitrogens with zero attached hydrogens (tertiary/aromatic N) is 1. The van der Waals surface area contributed by atoms with Gasteiger partial charge in [0.1, 0.15) is 5.82 Å². The fraction of sp³-hybridized carbons (Fsp3) is 0.214. The lowest BCUT2D eigenvalue weighted by atomic mass is 10.1. The normalized spacial score (nSPS) is 14.8. The van der Waals surface area contributed by atoms with E-state index >= 15 is 0 Å². The molecule has 0 unspecified atom stereocenters. The lowest BCUT2D eigenvalue weighted by Gasteiger charge is -2.07. The van der Waals surface area contributed by atoms with Crippen molar-refractivity contribution in [3.05, 3.63) is 51.9 Å². The van der Waals surface area contributed by atoms with Crippen molar-refractivity contribution >= 4 is 23.2 Å². The minimum absolute atomic E-state index is 0.345. The average molecular weight is 282 g/mol. The van der Waals surface area contributed by atoms with E-state index in [1.165, 1.54) is 12.1 Å². The molecule has 1 saturated carbocycles. The van der Waals surface area contributed by atoms with Gasteiger partial charge in [0.25, 0.3) is 0 Å². The number of benzene rings is 1. The number of aromatic nitrogens is 1. The van der Waals surface area contributed by atoms with Crippen LogP contribution in [-0.4, -0.2) is 4.98 Å². The zero-order chi connectivity index (χ0) is 12.7. The van der Waals surface area contributed by atoms with Crippen LogP contribution >= 0.6 is 23.2 Å². The molecule has 3 rings (SSSR count). The van der Waals surface area contributed by atoms with Crippen molar-refractivity contribution in [3.8, 4) is 11.3 Å². The summed E-state index contributed by atoms with van der Waals surface area (Å²) in [5, 5.41) is 1.14. The second kappa shape index (κ2) is 4.52. The van der Waals surface area contributed by atoms with Crippen LogP contribution in [0.25, 0.3) is 11.3 Å². The molecule has 18 heavy (non-hydrogen) atoms. The Morgan fingerprint density at radius 2 is 1.94 bits per heavy atom. The van der Waals surface area contributed by atoms with Gasteiger partial charge in [-0.2, -0.15) is 0 Å². The number of pyridine rings is 1. The van der Waals surface area contributed by atoms with Crippen LogP contribution in [0.2, 0.25) is 10.0 Å². The van der Waals surface area contributed by atoms with Crippen molar-refractivity contribution in [2.45, 2.75) is 18.8 Å². The quantitative estimate of drug-likeness (QED) is 0.749. The van der Waals surface area contributed by atoms with Crippen LogP contribution in [0.4, 0.5) is 4.39 Å². The lowest BCUT2D eigenvalue weighted by molar-refractivity contribution is 0.630. The van der Waals surface area contributed by atoms with Gasteiger partial charge in [0.2, 0.25) is 0 Å². The van der Waals surface area contributed by atoms with Crippen LogP contribution in [0.3, 0.4) is 0 Å². The molecular formula is C14H10Cl2FN. The molecule has 0 spiro atoms. The van der Waals surface area contributed by atoms with E-state index in [0.717, 1.165) is 18.4 Å². The second-order valence-corrected chi connectivity index (χ2v) is 5.33. The molecule has 4 heteroatoms. The van der Waals surface area contributed by atoms with Gasteiger partial charge in [0, 0.05) is 21.8 Å². The highest BCUT2D eigenvalue weighted by Crippen LogP contribution is 2.43.